The lowest BCUT2D eigenvalue weighted by molar-refractivity contribution is 0.203. The molecule has 0 spiro atoms. The highest BCUT2D eigenvalue weighted by atomic mass is 16.5. The molecule has 4 nitrogen and oxygen atoms in total. The number of hydrogen-bond acceptors (Lipinski definition) is 4. The van der Waals surface area contributed by atoms with Gasteiger partial charge in [-0.15, -0.1) is 0 Å². The van der Waals surface area contributed by atoms with Crippen molar-refractivity contribution in [1.29, 1.82) is 0 Å². The smallest absolute Gasteiger partial charge is 0.152 e. The van der Waals surface area contributed by atoms with Gasteiger partial charge < -0.3 is 15.4 Å². The maximum absolute atomic E-state index is 6.05. The molecule has 90 valence electrons. The number of methoxy groups -OCH3 is 1. The molecule has 0 amide bonds. The molecule has 0 atom stereocenters. The summed E-state index contributed by atoms with van der Waals surface area (Å²) in [4.78, 5) is 6.52. The topological polar surface area (TPSA) is 51.4 Å². The van der Waals surface area contributed by atoms with Crippen molar-refractivity contribution in [3.05, 3.63) is 17.8 Å². The summed E-state index contributed by atoms with van der Waals surface area (Å²) in [5.74, 6) is 0.854. The molecule has 0 aliphatic carbocycles. The Bertz CT molecular complexity index is 339. The van der Waals surface area contributed by atoms with Gasteiger partial charge in [0.25, 0.3) is 0 Å². The largest absolute Gasteiger partial charge is 0.396 e. The first-order valence-electron chi connectivity index (χ1n) is 5.54. The first-order chi connectivity index (χ1) is 7.57. The van der Waals surface area contributed by atoms with E-state index < -0.39 is 0 Å². The third-order valence-corrected chi connectivity index (χ3v) is 2.62. The molecule has 0 fully saturated rings. The fourth-order valence-electron chi connectivity index (χ4n) is 1.58. The molecule has 0 radical (unpaired) electrons. The molecule has 0 saturated heterocycles. The SMILES string of the molecule is COCCN(c1nccc(C)c1N)C(C)C. The van der Waals surface area contributed by atoms with Crippen molar-refractivity contribution in [1.82, 2.24) is 4.98 Å². The molecule has 0 saturated carbocycles. The van der Waals surface area contributed by atoms with E-state index in [1.54, 1.807) is 13.3 Å². The third-order valence-electron chi connectivity index (χ3n) is 2.62. The number of hydrogen-bond donors (Lipinski definition) is 1. The predicted molar refractivity (Wildman–Crippen MR) is 67.7 cm³/mol. The van der Waals surface area contributed by atoms with Gasteiger partial charge >= 0.3 is 0 Å². The van der Waals surface area contributed by atoms with Gasteiger partial charge in [0.2, 0.25) is 0 Å². The minimum atomic E-state index is 0.353. The fraction of sp³-hybridized carbons (Fsp3) is 0.583. The normalized spacial score (nSPS) is 10.8. The summed E-state index contributed by atoms with van der Waals surface area (Å²) >= 11 is 0. The summed E-state index contributed by atoms with van der Waals surface area (Å²) in [6.45, 7) is 7.72. The molecule has 2 N–H and O–H groups in total. The van der Waals surface area contributed by atoms with Crippen molar-refractivity contribution < 1.29 is 4.74 Å². The number of ether oxygens (including phenoxy) is 1. The van der Waals surface area contributed by atoms with Gasteiger partial charge in [0.05, 0.1) is 12.3 Å². The quantitative estimate of drug-likeness (QED) is 0.827. The number of rotatable bonds is 5. The van der Waals surface area contributed by atoms with Crippen LogP contribution in [-0.2, 0) is 4.74 Å². The average molecular weight is 223 g/mol. The van der Waals surface area contributed by atoms with E-state index >= 15 is 0 Å². The molecule has 1 heterocycles. The van der Waals surface area contributed by atoms with Gasteiger partial charge in [-0.3, -0.25) is 0 Å². The molecule has 16 heavy (non-hydrogen) atoms. The average Bonchev–Trinajstić information content (AvgIpc) is 2.24. The van der Waals surface area contributed by atoms with E-state index in [4.69, 9.17) is 10.5 Å². The van der Waals surface area contributed by atoms with E-state index in [0.29, 0.717) is 12.6 Å². The number of nitrogen functional groups attached to an aromatic ring is 1. The van der Waals surface area contributed by atoms with E-state index in [2.05, 4.69) is 23.7 Å². The van der Waals surface area contributed by atoms with Crippen molar-refractivity contribution >= 4 is 11.5 Å². The lowest BCUT2D eigenvalue weighted by atomic mass is 10.2. The van der Waals surface area contributed by atoms with E-state index in [9.17, 15) is 0 Å². The van der Waals surface area contributed by atoms with Crippen LogP contribution in [0.1, 0.15) is 19.4 Å². The molecule has 4 heteroatoms. The standard InChI is InChI=1S/C12H21N3O/c1-9(2)15(7-8-16-4)12-11(13)10(3)5-6-14-12/h5-6,9H,7-8,13H2,1-4H3. The minimum absolute atomic E-state index is 0.353. The second-order valence-electron chi connectivity index (χ2n) is 4.15. The van der Waals surface area contributed by atoms with E-state index in [1.807, 2.05) is 13.0 Å². The Hall–Kier alpha value is -1.29. The van der Waals surface area contributed by atoms with Gasteiger partial charge in [0, 0.05) is 25.9 Å². The fourth-order valence-corrected chi connectivity index (χ4v) is 1.58. The first kappa shape index (κ1) is 12.8. The summed E-state index contributed by atoms with van der Waals surface area (Å²) in [5.41, 5.74) is 7.87. The zero-order valence-electron chi connectivity index (χ0n) is 10.5. The van der Waals surface area contributed by atoms with Crippen LogP contribution in [0.4, 0.5) is 11.5 Å². The number of pyridine rings is 1. The summed E-state index contributed by atoms with van der Waals surface area (Å²) in [6.07, 6.45) is 1.79. The summed E-state index contributed by atoms with van der Waals surface area (Å²) < 4.78 is 5.10. The number of aromatic nitrogens is 1. The third kappa shape index (κ3) is 2.85. The highest BCUT2D eigenvalue weighted by molar-refractivity contribution is 5.66. The number of anilines is 2. The molecule has 0 bridgehead atoms. The van der Waals surface area contributed by atoms with E-state index in [0.717, 1.165) is 23.6 Å². The second-order valence-corrected chi connectivity index (χ2v) is 4.15. The minimum Gasteiger partial charge on any atom is -0.396 e. The Morgan fingerprint density at radius 2 is 2.19 bits per heavy atom. The summed E-state index contributed by atoms with van der Waals surface area (Å²) in [5, 5.41) is 0. The highest BCUT2D eigenvalue weighted by Crippen LogP contribution is 2.24. The first-order valence-corrected chi connectivity index (χ1v) is 5.54. The predicted octanol–water partition coefficient (Wildman–Crippen LogP) is 1.83. The van der Waals surface area contributed by atoms with Crippen molar-refractivity contribution in [2.24, 2.45) is 0 Å². The number of aryl methyl sites for hydroxylation is 1. The molecular formula is C12H21N3O. The van der Waals surface area contributed by atoms with Crippen LogP contribution in [0.15, 0.2) is 12.3 Å². The lowest BCUT2D eigenvalue weighted by Gasteiger charge is -2.29. The van der Waals surface area contributed by atoms with Gasteiger partial charge in [0.1, 0.15) is 0 Å². The number of nitrogens with zero attached hydrogens (tertiary/aromatic N) is 2. The van der Waals surface area contributed by atoms with E-state index in [-0.39, 0.29) is 0 Å². The van der Waals surface area contributed by atoms with Crippen molar-refractivity contribution in [2.45, 2.75) is 26.8 Å². The maximum Gasteiger partial charge on any atom is 0.152 e. The van der Waals surface area contributed by atoms with Crippen molar-refractivity contribution in [2.75, 3.05) is 30.9 Å². The summed E-state index contributed by atoms with van der Waals surface area (Å²) in [6, 6.07) is 2.28. The molecule has 0 aliphatic heterocycles. The molecule has 1 rings (SSSR count). The van der Waals surface area contributed by atoms with Crippen LogP contribution < -0.4 is 10.6 Å². The lowest BCUT2D eigenvalue weighted by Crippen LogP contribution is -2.35. The van der Waals surface area contributed by atoms with Crippen LogP contribution in [0, 0.1) is 6.92 Å². The Morgan fingerprint density at radius 1 is 1.50 bits per heavy atom. The van der Waals surface area contributed by atoms with Gasteiger partial charge in [0.15, 0.2) is 5.82 Å². The van der Waals surface area contributed by atoms with Crippen LogP contribution in [0.5, 0.6) is 0 Å². The van der Waals surface area contributed by atoms with Crippen LogP contribution in [0.2, 0.25) is 0 Å². The second kappa shape index (κ2) is 5.70. The summed E-state index contributed by atoms with van der Waals surface area (Å²) in [7, 11) is 1.70. The zero-order chi connectivity index (χ0) is 12.1. The van der Waals surface area contributed by atoms with Gasteiger partial charge in [-0.2, -0.15) is 0 Å². The van der Waals surface area contributed by atoms with Gasteiger partial charge in [-0.05, 0) is 32.4 Å². The molecular weight excluding hydrogens is 202 g/mol. The van der Waals surface area contributed by atoms with Crippen LogP contribution in [0.3, 0.4) is 0 Å². The van der Waals surface area contributed by atoms with Crippen molar-refractivity contribution in [3.63, 3.8) is 0 Å². The van der Waals surface area contributed by atoms with Crippen LogP contribution in [-0.4, -0.2) is 31.3 Å². The Morgan fingerprint density at radius 3 is 2.75 bits per heavy atom. The van der Waals surface area contributed by atoms with Crippen LogP contribution >= 0.6 is 0 Å². The Kier molecular flexibility index (Phi) is 4.55. The Balaban J connectivity index is 2.96. The zero-order valence-corrected chi connectivity index (χ0v) is 10.5. The van der Waals surface area contributed by atoms with Gasteiger partial charge in [-0.25, -0.2) is 4.98 Å². The molecule has 1 aromatic heterocycles. The molecule has 1 aromatic rings. The van der Waals surface area contributed by atoms with Gasteiger partial charge in [-0.1, -0.05) is 0 Å². The maximum atomic E-state index is 6.05. The van der Waals surface area contributed by atoms with Crippen molar-refractivity contribution in [3.8, 4) is 0 Å². The molecule has 0 aromatic carbocycles. The number of nitrogens with two attached hydrogens (primary N) is 1. The Labute approximate surface area is 97.4 Å². The highest BCUT2D eigenvalue weighted by Gasteiger charge is 2.15. The van der Waals surface area contributed by atoms with Crippen LogP contribution in [0.25, 0.3) is 0 Å². The molecule has 0 unspecified atom stereocenters. The monoisotopic (exact) mass is 223 g/mol. The van der Waals surface area contributed by atoms with E-state index in [1.165, 1.54) is 0 Å². The molecule has 0 aliphatic rings.